The SMILES string of the molecule is O=C(Cc1coc2ccc3ccccc3c12)Nc1ccnn1Cc1cccc(Cl)c1. The van der Waals surface area contributed by atoms with Gasteiger partial charge in [-0.15, -0.1) is 0 Å². The average Bonchev–Trinajstić information content (AvgIpc) is 3.35. The maximum absolute atomic E-state index is 12.8. The molecule has 0 saturated carbocycles. The lowest BCUT2D eigenvalue weighted by molar-refractivity contribution is -0.115. The van der Waals surface area contributed by atoms with Gasteiger partial charge in [0, 0.05) is 22.0 Å². The van der Waals surface area contributed by atoms with Crippen LogP contribution in [0.3, 0.4) is 0 Å². The lowest BCUT2D eigenvalue weighted by Crippen LogP contribution is -2.17. The summed E-state index contributed by atoms with van der Waals surface area (Å²) in [5, 5.41) is 11.1. The Labute approximate surface area is 177 Å². The van der Waals surface area contributed by atoms with Gasteiger partial charge in [0.15, 0.2) is 0 Å². The first kappa shape index (κ1) is 18.5. The predicted octanol–water partition coefficient (Wildman–Crippen LogP) is 5.67. The molecule has 0 aliphatic heterocycles. The summed E-state index contributed by atoms with van der Waals surface area (Å²) >= 11 is 6.07. The van der Waals surface area contributed by atoms with E-state index in [2.05, 4.69) is 22.5 Å². The van der Waals surface area contributed by atoms with E-state index in [9.17, 15) is 4.79 Å². The molecular formula is C24H18ClN3O2. The molecule has 0 atom stereocenters. The molecule has 1 amide bonds. The van der Waals surface area contributed by atoms with Crippen molar-refractivity contribution in [3.63, 3.8) is 0 Å². The number of carbonyl (C=O) groups excluding carboxylic acids is 1. The summed E-state index contributed by atoms with van der Waals surface area (Å²) in [6, 6.07) is 21.4. The largest absolute Gasteiger partial charge is 0.464 e. The molecule has 1 N–H and O–H groups in total. The Bertz CT molecular complexity index is 1370. The number of rotatable bonds is 5. The number of nitrogens with zero attached hydrogens (tertiary/aromatic N) is 2. The third-order valence-electron chi connectivity index (χ3n) is 5.10. The van der Waals surface area contributed by atoms with Gasteiger partial charge in [0.1, 0.15) is 11.4 Å². The van der Waals surface area contributed by atoms with Crippen molar-refractivity contribution in [2.75, 3.05) is 5.32 Å². The number of hydrogen-bond donors (Lipinski definition) is 1. The average molecular weight is 416 g/mol. The number of nitrogens with one attached hydrogen (secondary N) is 1. The van der Waals surface area contributed by atoms with Crippen LogP contribution in [0.15, 0.2) is 83.6 Å². The molecule has 0 saturated heterocycles. The van der Waals surface area contributed by atoms with Crippen LogP contribution in [0.5, 0.6) is 0 Å². The molecule has 0 spiro atoms. The topological polar surface area (TPSA) is 60.1 Å². The summed E-state index contributed by atoms with van der Waals surface area (Å²) in [5.41, 5.74) is 2.65. The fourth-order valence-electron chi connectivity index (χ4n) is 3.74. The number of anilines is 1. The zero-order chi connectivity index (χ0) is 20.5. The van der Waals surface area contributed by atoms with Crippen molar-refractivity contribution in [1.82, 2.24) is 9.78 Å². The van der Waals surface area contributed by atoms with E-state index in [0.29, 0.717) is 17.4 Å². The van der Waals surface area contributed by atoms with Crippen molar-refractivity contribution >= 4 is 45.1 Å². The van der Waals surface area contributed by atoms with Crippen molar-refractivity contribution in [3.05, 3.63) is 95.3 Å². The Morgan fingerprint density at radius 3 is 2.87 bits per heavy atom. The number of hydrogen-bond acceptors (Lipinski definition) is 3. The van der Waals surface area contributed by atoms with Crippen molar-refractivity contribution in [1.29, 1.82) is 0 Å². The van der Waals surface area contributed by atoms with Crippen molar-refractivity contribution in [3.8, 4) is 0 Å². The molecule has 0 bridgehead atoms. The Morgan fingerprint density at radius 1 is 1.07 bits per heavy atom. The first-order valence-electron chi connectivity index (χ1n) is 9.61. The van der Waals surface area contributed by atoms with E-state index in [1.54, 1.807) is 23.2 Å². The molecule has 0 aliphatic carbocycles. The van der Waals surface area contributed by atoms with Gasteiger partial charge in [0.25, 0.3) is 0 Å². The van der Waals surface area contributed by atoms with Crippen LogP contribution in [0.2, 0.25) is 5.02 Å². The zero-order valence-electron chi connectivity index (χ0n) is 16.0. The molecule has 0 fully saturated rings. The zero-order valence-corrected chi connectivity index (χ0v) is 16.8. The number of aromatic nitrogens is 2. The molecule has 6 heteroatoms. The molecule has 5 rings (SSSR count). The monoisotopic (exact) mass is 415 g/mol. The molecule has 2 heterocycles. The Kier molecular flexibility index (Phi) is 4.73. The van der Waals surface area contributed by atoms with Crippen molar-refractivity contribution in [2.45, 2.75) is 13.0 Å². The highest BCUT2D eigenvalue weighted by molar-refractivity contribution is 6.30. The number of fused-ring (bicyclic) bond motifs is 3. The molecule has 3 aromatic carbocycles. The summed E-state index contributed by atoms with van der Waals surface area (Å²) in [4.78, 5) is 12.8. The van der Waals surface area contributed by atoms with Gasteiger partial charge in [-0.25, -0.2) is 4.68 Å². The highest BCUT2D eigenvalue weighted by Crippen LogP contribution is 2.30. The van der Waals surface area contributed by atoms with Gasteiger partial charge in [-0.05, 0) is 34.5 Å². The van der Waals surface area contributed by atoms with Crippen LogP contribution in [0, 0.1) is 0 Å². The fraction of sp³-hybridized carbons (Fsp3) is 0.0833. The second-order valence-electron chi connectivity index (χ2n) is 7.15. The normalized spacial score (nSPS) is 11.2. The third kappa shape index (κ3) is 3.55. The molecular weight excluding hydrogens is 398 g/mol. The molecule has 5 aromatic rings. The lowest BCUT2D eigenvalue weighted by atomic mass is 10.0. The minimum Gasteiger partial charge on any atom is -0.464 e. The quantitative estimate of drug-likeness (QED) is 0.402. The van der Waals surface area contributed by atoms with Crippen molar-refractivity contribution in [2.24, 2.45) is 0 Å². The molecule has 0 radical (unpaired) electrons. The van der Waals surface area contributed by atoms with Crippen LogP contribution in [-0.4, -0.2) is 15.7 Å². The maximum atomic E-state index is 12.8. The van der Waals surface area contributed by atoms with E-state index < -0.39 is 0 Å². The van der Waals surface area contributed by atoms with Gasteiger partial charge < -0.3 is 9.73 Å². The van der Waals surface area contributed by atoms with Gasteiger partial charge in [0.05, 0.1) is 25.4 Å². The third-order valence-corrected chi connectivity index (χ3v) is 5.33. The molecule has 0 aliphatic rings. The second-order valence-corrected chi connectivity index (χ2v) is 7.59. The van der Waals surface area contributed by atoms with Gasteiger partial charge in [-0.3, -0.25) is 4.79 Å². The van der Waals surface area contributed by atoms with Crippen molar-refractivity contribution < 1.29 is 9.21 Å². The first-order valence-corrected chi connectivity index (χ1v) is 9.99. The van der Waals surface area contributed by atoms with Crippen LogP contribution in [-0.2, 0) is 17.8 Å². The Balaban J connectivity index is 1.38. The van der Waals surface area contributed by atoms with Crippen LogP contribution in [0.4, 0.5) is 5.82 Å². The van der Waals surface area contributed by atoms with Gasteiger partial charge in [0.2, 0.25) is 5.91 Å². The summed E-state index contributed by atoms with van der Waals surface area (Å²) in [5.74, 6) is 0.510. The van der Waals surface area contributed by atoms with E-state index in [4.69, 9.17) is 16.0 Å². The fourth-order valence-corrected chi connectivity index (χ4v) is 3.95. The molecule has 2 aromatic heterocycles. The molecule has 30 heavy (non-hydrogen) atoms. The van der Waals surface area contributed by atoms with E-state index in [-0.39, 0.29) is 12.3 Å². The van der Waals surface area contributed by atoms with Gasteiger partial charge >= 0.3 is 0 Å². The summed E-state index contributed by atoms with van der Waals surface area (Å²) in [7, 11) is 0. The lowest BCUT2D eigenvalue weighted by Gasteiger charge is -2.09. The smallest absolute Gasteiger partial charge is 0.230 e. The number of carbonyl (C=O) groups is 1. The molecule has 5 nitrogen and oxygen atoms in total. The highest BCUT2D eigenvalue weighted by Gasteiger charge is 2.15. The Hall–Kier alpha value is -3.57. The Morgan fingerprint density at radius 2 is 1.97 bits per heavy atom. The number of furan rings is 1. The summed E-state index contributed by atoms with van der Waals surface area (Å²) in [6.07, 6.45) is 3.55. The minimum atomic E-state index is -0.126. The van der Waals surface area contributed by atoms with Gasteiger partial charge in [-0.1, -0.05) is 54.1 Å². The predicted molar refractivity (Wildman–Crippen MR) is 119 cm³/mol. The van der Waals surface area contributed by atoms with E-state index in [1.807, 2.05) is 48.5 Å². The second kappa shape index (κ2) is 7.69. The first-order chi connectivity index (χ1) is 14.7. The molecule has 0 unspecified atom stereocenters. The van der Waals surface area contributed by atoms with E-state index >= 15 is 0 Å². The van der Waals surface area contributed by atoms with Crippen LogP contribution < -0.4 is 5.32 Å². The number of benzene rings is 3. The van der Waals surface area contributed by atoms with E-state index in [0.717, 1.165) is 32.9 Å². The summed E-state index contributed by atoms with van der Waals surface area (Å²) < 4.78 is 7.44. The highest BCUT2D eigenvalue weighted by atomic mass is 35.5. The summed E-state index contributed by atoms with van der Waals surface area (Å²) in [6.45, 7) is 0.516. The molecule has 148 valence electrons. The van der Waals surface area contributed by atoms with E-state index in [1.165, 1.54) is 0 Å². The minimum absolute atomic E-state index is 0.126. The standard InChI is InChI=1S/C24H18ClN3O2/c25-19-6-3-4-16(12-19)14-28-22(10-11-26-28)27-23(29)13-18-15-30-21-9-8-17-5-1-2-7-20(17)24(18)21/h1-12,15H,13-14H2,(H,27,29). The maximum Gasteiger partial charge on any atom is 0.230 e. The number of amides is 1. The van der Waals surface area contributed by atoms with Crippen LogP contribution in [0.1, 0.15) is 11.1 Å². The number of halogens is 1. The van der Waals surface area contributed by atoms with Crippen LogP contribution >= 0.6 is 11.6 Å². The van der Waals surface area contributed by atoms with Gasteiger partial charge in [-0.2, -0.15) is 5.10 Å². The van der Waals surface area contributed by atoms with Crippen LogP contribution in [0.25, 0.3) is 21.7 Å².